The van der Waals surface area contributed by atoms with E-state index < -0.39 is 5.91 Å². The van der Waals surface area contributed by atoms with Crippen molar-refractivity contribution in [3.05, 3.63) is 75.5 Å². The van der Waals surface area contributed by atoms with E-state index in [9.17, 15) is 4.79 Å². The zero-order chi connectivity index (χ0) is 26.5. The fourth-order valence-corrected chi connectivity index (χ4v) is 4.84. The summed E-state index contributed by atoms with van der Waals surface area (Å²) in [5.41, 5.74) is 2.45. The topological polar surface area (TPSA) is 79.8 Å². The Balaban J connectivity index is 0.00000157. The number of benzene rings is 1. The van der Waals surface area contributed by atoms with E-state index in [0.717, 1.165) is 11.3 Å². The number of aromatic nitrogens is 3. The van der Waals surface area contributed by atoms with Crippen molar-refractivity contribution in [2.75, 3.05) is 7.11 Å². The maximum Gasteiger partial charge on any atom is 1.00 e. The van der Waals surface area contributed by atoms with Gasteiger partial charge < -0.3 is 19.8 Å². The second-order valence-corrected chi connectivity index (χ2v) is 10.3. The van der Waals surface area contributed by atoms with Gasteiger partial charge in [0.2, 0.25) is 0 Å². The molecule has 4 aromatic rings. The van der Waals surface area contributed by atoms with E-state index in [0.29, 0.717) is 38.7 Å². The molecule has 0 spiro atoms. The van der Waals surface area contributed by atoms with Crippen LogP contribution >= 0.6 is 22.7 Å². The van der Waals surface area contributed by atoms with Crippen LogP contribution < -0.4 is 39.0 Å². The first kappa shape index (κ1) is 30.8. The Morgan fingerprint density at radius 1 is 1.16 bits per heavy atom. The third-order valence-electron chi connectivity index (χ3n) is 4.88. The molecule has 190 valence electrons. The number of hydrogen-bond donors (Lipinski definition) is 0. The van der Waals surface area contributed by atoms with Gasteiger partial charge in [-0.05, 0) is 41.6 Å². The van der Waals surface area contributed by atoms with Crippen LogP contribution in [0.5, 0.6) is 11.5 Å². The standard InChI is InChI=1S/C25H26N4O3S2.C2H6.Na/c1-15(2)32-21-16(8-7-9-18(21)31-6)10-11-17-20(29-12-13-33-24(29)26-17)22(30)28-23-27-19(14-34-23)25(3,4)5;1-2;/h7-14H,1H2,2-6H3,(H,27,28,30);1-2H3;/q;;+1/p-1/b11-10+;;. The molecule has 0 atom stereocenters. The van der Waals surface area contributed by atoms with Gasteiger partial charge in [-0.1, -0.05) is 53.3 Å². The smallest absolute Gasteiger partial charge is 0.493 e. The van der Waals surface area contributed by atoms with Gasteiger partial charge in [0, 0.05) is 22.3 Å². The molecule has 0 aliphatic rings. The molecule has 0 unspecified atom stereocenters. The van der Waals surface area contributed by atoms with Crippen molar-refractivity contribution in [2.24, 2.45) is 0 Å². The Bertz CT molecular complexity index is 1400. The molecule has 37 heavy (non-hydrogen) atoms. The molecular formula is C27H31N4NaO3S2. The van der Waals surface area contributed by atoms with Gasteiger partial charge in [0.25, 0.3) is 0 Å². The molecule has 0 aliphatic heterocycles. The first-order valence-electron chi connectivity index (χ1n) is 11.5. The molecule has 0 radical (unpaired) electrons. The number of ether oxygens (including phenoxy) is 2. The quantitative estimate of drug-likeness (QED) is 0.238. The minimum absolute atomic E-state index is 0. The van der Waals surface area contributed by atoms with E-state index in [1.807, 2.05) is 55.1 Å². The largest absolute Gasteiger partial charge is 1.00 e. The molecule has 0 N–H and O–H groups in total. The average Bonchev–Trinajstić information content (AvgIpc) is 3.55. The molecule has 0 saturated heterocycles. The van der Waals surface area contributed by atoms with Gasteiger partial charge >= 0.3 is 29.6 Å². The zero-order valence-electron chi connectivity index (χ0n) is 22.7. The fraction of sp³-hybridized carbons (Fsp3) is 0.296. The molecule has 0 saturated carbocycles. The van der Waals surface area contributed by atoms with Crippen LogP contribution in [0.4, 0.5) is 5.13 Å². The van der Waals surface area contributed by atoms with Gasteiger partial charge in [0.15, 0.2) is 22.4 Å². The van der Waals surface area contributed by atoms with Crippen molar-refractivity contribution in [1.29, 1.82) is 0 Å². The SMILES string of the molecule is C=C(C)Oc1c(/C=C/c2nc3sccn3c2C(=O)[N-]c2nc(C(C)(C)C)cs2)cccc1OC.CC.[Na+]. The second kappa shape index (κ2) is 13.4. The number of fused-ring (bicyclic) bond motifs is 1. The van der Waals surface area contributed by atoms with Gasteiger partial charge in [-0.15, -0.1) is 11.3 Å². The summed E-state index contributed by atoms with van der Waals surface area (Å²) in [6.45, 7) is 15.8. The van der Waals surface area contributed by atoms with Gasteiger partial charge in [-0.25, -0.2) is 4.98 Å². The molecule has 7 nitrogen and oxygen atoms in total. The third-order valence-corrected chi connectivity index (χ3v) is 6.37. The summed E-state index contributed by atoms with van der Waals surface area (Å²) in [4.78, 5) is 23.1. The molecule has 10 heteroatoms. The van der Waals surface area contributed by atoms with E-state index in [2.05, 4.69) is 42.6 Å². The van der Waals surface area contributed by atoms with Crippen LogP contribution in [0.2, 0.25) is 0 Å². The van der Waals surface area contributed by atoms with Crippen LogP contribution in [-0.4, -0.2) is 27.4 Å². The minimum Gasteiger partial charge on any atom is -0.493 e. The predicted molar refractivity (Wildman–Crippen MR) is 150 cm³/mol. The van der Waals surface area contributed by atoms with Gasteiger partial charge in [-0.2, -0.15) is 11.3 Å². The Hall–Kier alpha value is -2.43. The predicted octanol–water partition coefficient (Wildman–Crippen LogP) is 5.12. The number of allylic oxidation sites excluding steroid dienone is 1. The minimum atomic E-state index is -0.399. The number of rotatable bonds is 7. The van der Waals surface area contributed by atoms with Crippen molar-refractivity contribution < 1.29 is 43.8 Å². The van der Waals surface area contributed by atoms with Crippen molar-refractivity contribution in [3.63, 3.8) is 0 Å². The molecule has 1 amide bonds. The zero-order valence-corrected chi connectivity index (χ0v) is 26.3. The van der Waals surface area contributed by atoms with Crippen LogP contribution in [0.15, 0.2) is 47.5 Å². The van der Waals surface area contributed by atoms with E-state index in [1.165, 1.54) is 22.7 Å². The fourth-order valence-electron chi connectivity index (χ4n) is 3.21. The molecule has 0 bridgehead atoms. The molecule has 0 fully saturated rings. The number of amides is 1. The summed E-state index contributed by atoms with van der Waals surface area (Å²) in [6.07, 6.45) is 5.44. The second-order valence-electron chi connectivity index (χ2n) is 8.60. The summed E-state index contributed by atoms with van der Waals surface area (Å²) in [5, 5.41) is 8.54. The van der Waals surface area contributed by atoms with E-state index in [1.54, 1.807) is 24.5 Å². The van der Waals surface area contributed by atoms with Crippen LogP contribution in [0.1, 0.15) is 69.0 Å². The Morgan fingerprint density at radius 3 is 2.51 bits per heavy atom. The normalized spacial score (nSPS) is 11.0. The Labute approximate surface area is 248 Å². The summed E-state index contributed by atoms with van der Waals surface area (Å²) in [5.74, 6) is 1.27. The first-order valence-corrected chi connectivity index (χ1v) is 13.3. The number of carbonyl (C=O) groups is 1. The van der Waals surface area contributed by atoms with Gasteiger partial charge in [0.1, 0.15) is 5.69 Å². The summed E-state index contributed by atoms with van der Waals surface area (Å²) in [6, 6.07) is 5.58. The number of para-hydroxylation sites is 1. The van der Waals surface area contributed by atoms with Gasteiger partial charge in [0.05, 0.1) is 18.6 Å². The third kappa shape index (κ3) is 7.33. The number of thiazole rings is 2. The van der Waals surface area contributed by atoms with Gasteiger partial charge in [-0.3, -0.25) is 9.20 Å². The van der Waals surface area contributed by atoms with Crippen LogP contribution in [0.25, 0.3) is 22.4 Å². The van der Waals surface area contributed by atoms with Crippen molar-refractivity contribution in [1.82, 2.24) is 14.4 Å². The van der Waals surface area contributed by atoms with E-state index in [-0.39, 0.29) is 35.0 Å². The number of methoxy groups -OCH3 is 1. The van der Waals surface area contributed by atoms with Crippen molar-refractivity contribution in [2.45, 2.75) is 47.0 Å². The Kier molecular flexibility index (Phi) is 11.1. The molecule has 3 heterocycles. The summed E-state index contributed by atoms with van der Waals surface area (Å²) >= 11 is 2.80. The number of carbonyl (C=O) groups excluding carboxylic acids is 1. The molecular weight excluding hydrogens is 515 g/mol. The van der Waals surface area contributed by atoms with Crippen LogP contribution in [0, 0.1) is 0 Å². The number of imidazole rings is 1. The molecule has 1 aromatic carbocycles. The monoisotopic (exact) mass is 546 g/mol. The average molecular weight is 547 g/mol. The van der Waals surface area contributed by atoms with Crippen LogP contribution in [0.3, 0.4) is 0 Å². The Morgan fingerprint density at radius 2 is 1.89 bits per heavy atom. The molecule has 3 aromatic heterocycles. The van der Waals surface area contributed by atoms with Crippen molar-refractivity contribution >= 4 is 50.8 Å². The van der Waals surface area contributed by atoms with E-state index >= 15 is 0 Å². The van der Waals surface area contributed by atoms with E-state index in [4.69, 9.17) is 9.47 Å². The molecule has 0 aliphatic carbocycles. The summed E-state index contributed by atoms with van der Waals surface area (Å²) in [7, 11) is 1.58. The number of hydrogen-bond acceptors (Lipinski definition) is 7. The summed E-state index contributed by atoms with van der Waals surface area (Å²) < 4.78 is 13.0. The molecule has 4 rings (SSSR count). The van der Waals surface area contributed by atoms with Crippen LogP contribution in [-0.2, 0) is 5.41 Å². The van der Waals surface area contributed by atoms with Crippen molar-refractivity contribution in [3.8, 4) is 11.5 Å². The maximum absolute atomic E-state index is 13.2. The number of nitrogens with zero attached hydrogens (tertiary/aromatic N) is 4. The first-order chi connectivity index (χ1) is 17.2. The maximum atomic E-state index is 13.2.